The summed E-state index contributed by atoms with van der Waals surface area (Å²) in [6, 6.07) is 9.66. The summed E-state index contributed by atoms with van der Waals surface area (Å²) in [6.07, 6.45) is 1.63. The van der Waals surface area contributed by atoms with E-state index in [-0.39, 0.29) is 5.41 Å². The molecule has 3 nitrogen and oxygen atoms in total. The molecule has 28 heavy (non-hydrogen) atoms. The summed E-state index contributed by atoms with van der Waals surface area (Å²) in [5, 5.41) is 1.91. The summed E-state index contributed by atoms with van der Waals surface area (Å²) in [4.78, 5) is 9.35. The van der Waals surface area contributed by atoms with E-state index in [2.05, 4.69) is 38.7 Å². The number of nitrogens with zero attached hydrogens (tertiary/aromatic N) is 2. The standard InChI is InChI=1S/C25H28N2O/c1-14(2)19-12-20(26-13-16(19)4)17-9-8-10-18-22-15(3)11-21(25(5,6)7)27-24(22)28-23(17)18/h8-14H,1-7H3/i1D3,14D. The fraction of sp³-hybridized carbons (Fsp3) is 0.360. The first-order valence-electron chi connectivity index (χ1n) is 11.5. The highest BCUT2D eigenvalue weighted by Gasteiger charge is 2.21. The number of aromatic nitrogens is 2. The third-order valence-corrected chi connectivity index (χ3v) is 5.22. The summed E-state index contributed by atoms with van der Waals surface area (Å²) in [6.45, 7) is 9.17. The van der Waals surface area contributed by atoms with Crippen LogP contribution in [0.3, 0.4) is 0 Å². The molecule has 0 saturated carbocycles. The Kier molecular flexibility index (Phi) is 3.30. The quantitative estimate of drug-likeness (QED) is 0.375. The third-order valence-electron chi connectivity index (χ3n) is 5.22. The minimum absolute atomic E-state index is 0.109. The Hall–Kier alpha value is -2.68. The summed E-state index contributed by atoms with van der Waals surface area (Å²) in [7, 11) is 0. The van der Waals surface area contributed by atoms with Gasteiger partial charge in [-0.3, -0.25) is 4.98 Å². The minimum atomic E-state index is -2.47. The number of rotatable bonds is 2. The molecule has 0 saturated heterocycles. The molecule has 144 valence electrons. The second-order valence-electron chi connectivity index (χ2n) is 8.55. The van der Waals surface area contributed by atoms with E-state index < -0.39 is 12.7 Å². The summed E-state index contributed by atoms with van der Waals surface area (Å²) in [5.41, 5.74) is 5.61. The molecule has 0 aliphatic heterocycles. The van der Waals surface area contributed by atoms with Crippen molar-refractivity contribution >= 4 is 22.1 Å². The van der Waals surface area contributed by atoms with Crippen LogP contribution in [0.5, 0.6) is 0 Å². The fourth-order valence-electron chi connectivity index (χ4n) is 3.65. The van der Waals surface area contributed by atoms with Crippen molar-refractivity contribution in [1.82, 2.24) is 9.97 Å². The molecule has 0 spiro atoms. The summed E-state index contributed by atoms with van der Waals surface area (Å²) in [5.74, 6) is -1.75. The molecule has 4 rings (SSSR count). The van der Waals surface area contributed by atoms with E-state index in [1.165, 1.54) is 6.92 Å². The molecule has 1 aromatic carbocycles. The number of hydrogen-bond donors (Lipinski definition) is 0. The van der Waals surface area contributed by atoms with Crippen LogP contribution in [0.25, 0.3) is 33.3 Å². The minimum Gasteiger partial charge on any atom is -0.437 e. The van der Waals surface area contributed by atoms with Crippen molar-refractivity contribution in [2.24, 2.45) is 0 Å². The van der Waals surface area contributed by atoms with Gasteiger partial charge >= 0.3 is 0 Å². The highest BCUT2D eigenvalue weighted by Crippen LogP contribution is 2.38. The van der Waals surface area contributed by atoms with E-state index in [1.807, 2.05) is 18.2 Å². The number of furan rings is 1. The first kappa shape index (κ1) is 14.3. The van der Waals surface area contributed by atoms with E-state index in [9.17, 15) is 0 Å². The molecule has 4 aromatic rings. The lowest BCUT2D eigenvalue weighted by molar-refractivity contribution is 0.561. The molecule has 0 aliphatic carbocycles. The Morgan fingerprint density at radius 1 is 1.14 bits per heavy atom. The normalized spacial score (nSPS) is 17.1. The lowest BCUT2D eigenvalue weighted by atomic mass is 9.90. The van der Waals surface area contributed by atoms with Gasteiger partial charge in [0.25, 0.3) is 0 Å². The Balaban J connectivity index is 1.98. The zero-order chi connectivity index (χ0) is 23.6. The van der Waals surface area contributed by atoms with Gasteiger partial charge in [0.1, 0.15) is 5.58 Å². The molecule has 0 fully saturated rings. The van der Waals surface area contributed by atoms with Crippen LogP contribution in [0.4, 0.5) is 0 Å². The molecule has 3 aromatic heterocycles. The predicted molar refractivity (Wildman–Crippen MR) is 117 cm³/mol. The van der Waals surface area contributed by atoms with Crippen LogP contribution in [0.1, 0.15) is 68.3 Å². The molecule has 1 unspecified atom stereocenters. The van der Waals surface area contributed by atoms with Crippen LogP contribution in [-0.2, 0) is 5.41 Å². The largest absolute Gasteiger partial charge is 0.437 e. The third kappa shape index (κ3) is 2.99. The van der Waals surface area contributed by atoms with E-state index in [4.69, 9.17) is 14.9 Å². The van der Waals surface area contributed by atoms with Crippen LogP contribution in [0, 0.1) is 13.8 Å². The van der Waals surface area contributed by atoms with Gasteiger partial charge in [-0.1, -0.05) is 46.7 Å². The van der Waals surface area contributed by atoms with Gasteiger partial charge in [0.05, 0.1) is 16.8 Å². The SMILES string of the molecule is [2H]C([2H])([2H])C([2H])(C)c1cc(-c2cccc3c2oc2nc(C(C)(C)C)cc(C)c23)ncc1C. The van der Waals surface area contributed by atoms with Crippen molar-refractivity contribution in [2.75, 3.05) is 0 Å². The average molecular weight is 377 g/mol. The fourth-order valence-corrected chi connectivity index (χ4v) is 3.65. The van der Waals surface area contributed by atoms with Crippen molar-refractivity contribution in [3.05, 3.63) is 58.9 Å². The number of para-hydroxylation sites is 1. The van der Waals surface area contributed by atoms with Crippen molar-refractivity contribution in [2.45, 2.75) is 59.7 Å². The predicted octanol–water partition coefficient (Wildman–Crippen LogP) is 7.08. The van der Waals surface area contributed by atoms with Gasteiger partial charge in [0, 0.05) is 28.0 Å². The zero-order valence-corrected chi connectivity index (χ0v) is 17.3. The number of hydrogen-bond acceptors (Lipinski definition) is 3. The van der Waals surface area contributed by atoms with Crippen LogP contribution in [-0.4, -0.2) is 9.97 Å². The molecule has 0 aliphatic rings. The smallest absolute Gasteiger partial charge is 0.227 e. The average Bonchev–Trinajstić information content (AvgIpc) is 3.06. The molecule has 1 atom stereocenters. The Morgan fingerprint density at radius 3 is 2.64 bits per heavy atom. The van der Waals surface area contributed by atoms with E-state index in [0.29, 0.717) is 28.1 Å². The van der Waals surface area contributed by atoms with E-state index >= 15 is 0 Å². The Morgan fingerprint density at radius 2 is 1.93 bits per heavy atom. The molecular weight excluding hydrogens is 344 g/mol. The van der Waals surface area contributed by atoms with Gasteiger partial charge in [0.2, 0.25) is 5.71 Å². The Labute approximate surface area is 172 Å². The Bertz CT molecular complexity index is 1340. The van der Waals surface area contributed by atoms with Gasteiger partial charge in [-0.2, -0.15) is 0 Å². The zero-order valence-electron chi connectivity index (χ0n) is 21.3. The molecule has 0 bridgehead atoms. The van der Waals surface area contributed by atoms with Gasteiger partial charge in [-0.15, -0.1) is 0 Å². The highest BCUT2D eigenvalue weighted by molar-refractivity contribution is 6.09. The second kappa shape index (κ2) is 6.44. The first-order valence-corrected chi connectivity index (χ1v) is 9.52. The molecule has 3 heterocycles. The van der Waals surface area contributed by atoms with Crippen molar-refractivity contribution in [1.29, 1.82) is 0 Å². The maximum absolute atomic E-state index is 8.56. The second-order valence-corrected chi connectivity index (χ2v) is 8.55. The van der Waals surface area contributed by atoms with Crippen LogP contribution >= 0.6 is 0 Å². The highest BCUT2D eigenvalue weighted by atomic mass is 16.3. The molecule has 0 radical (unpaired) electrons. The van der Waals surface area contributed by atoms with Gasteiger partial charge < -0.3 is 4.42 Å². The first-order chi connectivity index (χ1) is 14.7. The van der Waals surface area contributed by atoms with Crippen molar-refractivity contribution in [3.63, 3.8) is 0 Å². The molecule has 3 heteroatoms. The number of fused-ring (bicyclic) bond motifs is 3. The van der Waals surface area contributed by atoms with Crippen molar-refractivity contribution in [3.8, 4) is 11.3 Å². The molecule has 0 amide bonds. The van der Waals surface area contributed by atoms with Crippen LogP contribution in [0.15, 0.2) is 40.9 Å². The molecule has 0 N–H and O–H groups in total. The van der Waals surface area contributed by atoms with E-state index in [1.54, 1.807) is 19.2 Å². The summed E-state index contributed by atoms with van der Waals surface area (Å²) < 4.78 is 38.3. The summed E-state index contributed by atoms with van der Waals surface area (Å²) >= 11 is 0. The van der Waals surface area contributed by atoms with E-state index in [0.717, 1.165) is 27.6 Å². The maximum Gasteiger partial charge on any atom is 0.227 e. The van der Waals surface area contributed by atoms with Gasteiger partial charge in [-0.25, -0.2) is 4.98 Å². The van der Waals surface area contributed by atoms with Crippen molar-refractivity contribution < 1.29 is 9.90 Å². The number of benzene rings is 1. The lowest BCUT2D eigenvalue weighted by Gasteiger charge is -2.17. The monoisotopic (exact) mass is 376 g/mol. The van der Waals surface area contributed by atoms with Crippen LogP contribution in [0.2, 0.25) is 0 Å². The molecular formula is C25H28N2O. The maximum atomic E-state index is 8.56. The lowest BCUT2D eigenvalue weighted by Crippen LogP contribution is -2.13. The number of aryl methyl sites for hydroxylation is 2. The topological polar surface area (TPSA) is 38.9 Å². The van der Waals surface area contributed by atoms with Crippen LogP contribution < -0.4 is 0 Å². The number of pyridine rings is 2. The van der Waals surface area contributed by atoms with Gasteiger partial charge in [-0.05, 0) is 54.6 Å². The van der Waals surface area contributed by atoms with Gasteiger partial charge in [0.15, 0.2) is 0 Å².